The Morgan fingerprint density at radius 3 is 2.69 bits per heavy atom. The second-order valence-electron chi connectivity index (χ2n) is 6.83. The normalized spacial score (nSPS) is 13.3. The first-order valence-corrected chi connectivity index (χ1v) is 9.18. The summed E-state index contributed by atoms with van der Waals surface area (Å²) in [4.78, 5) is 24.4. The van der Waals surface area contributed by atoms with Crippen molar-refractivity contribution >= 4 is 5.91 Å². The minimum absolute atomic E-state index is 0.0945. The summed E-state index contributed by atoms with van der Waals surface area (Å²) in [5.41, 5.74) is 2.55. The van der Waals surface area contributed by atoms with Crippen LogP contribution in [0.2, 0.25) is 0 Å². The molecule has 1 aromatic heterocycles. The average molecular weight is 355 g/mol. The third-order valence-electron chi connectivity index (χ3n) is 4.37. The number of rotatable bonds is 6. The fraction of sp³-hybridized carbons (Fsp3) is 0.450. The van der Waals surface area contributed by atoms with Crippen LogP contribution < -0.4 is 15.6 Å². The van der Waals surface area contributed by atoms with Gasteiger partial charge in [-0.05, 0) is 69.4 Å². The summed E-state index contributed by atoms with van der Waals surface area (Å²) < 4.78 is 7.02. The van der Waals surface area contributed by atoms with E-state index in [4.69, 9.17) is 4.74 Å². The van der Waals surface area contributed by atoms with Gasteiger partial charge in [-0.2, -0.15) is 5.10 Å². The summed E-state index contributed by atoms with van der Waals surface area (Å²) in [6.45, 7) is 4.63. The summed E-state index contributed by atoms with van der Waals surface area (Å²) in [7, 11) is 0. The molecule has 26 heavy (non-hydrogen) atoms. The van der Waals surface area contributed by atoms with Gasteiger partial charge in [0.15, 0.2) is 0 Å². The molecule has 0 saturated heterocycles. The van der Waals surface area contributed by atoms with Gasteiger partial charge in [0.1, 0.15) is 5.75 Å². The molecule has 0 bridgehead atoms. The van der Waals surface area contributed by atoms with Crippen molar-refractivity contribution < 1.29 is 9.53 Å². The highest BCUT2D eigenvalue weighted by molar-refractivity contribution is 5.94. The van der Waals surface area contributed by atoms with Crippen LogP contribution in [0.4, 0.5) is 0 Å². The standard InChI is InChI=1S/C20H25N3O3/c1-14(2)26-17-9-7-15(8-10-17)20(25)21-11-12-23-19(24)13-16-5-3-4-6-18(16)22-23/h7-10,13-14H,3-6,11-12H2,1-2H3,(H,21,25). The first-order valence-electron chi connectivity index (χ1n) is 9.18. The monoisotopic (exact) mass is 355 g/mol. The molecule has 1 amide bonds. The fourth-order valence-electron chi connectivity index (χ4n) is 3.10. The largest absolute Gasteiger partial charge is 0.491 e. The third-order valence-corrected chi connectivity index (χ3v) is 4.37. The molecule has 2 aromatic rings. The maximum Gasteiger partial charge on any atom is 0.267 e. The molecule has 1 aliphatic carbocycles. The fourth-order valence-corrected chi connectivity index (χ4v) is 3.10. The highest BCUT2D eigenvalue weighted by Crippen LogP contribution is 2.17. The van der Waals surface area contributed by atoms with Crippen molar-refractivity contribution in [3.8, 4) is 5.75 Å². The molecule has 0 atom stereocenters. The summed E-state index contributed by atoms with van der Waals surface area (Å²) in [6, 6.07) is 8.72. The van der Waals surface area contributed by atoms with Gasteiger partial charge < -0.3 is 10.1 Å². The predicted octanol–water partition coefficient (Wildman–Crippen LogP) is 2.34. The van der Waals surface area contributed by atoms with Crippen LogP contribution in [-0.2, 0) is 19.4 Å². The van der Waals surface area contributed by atoms with Gasteiger partial charge >= 0.3 is 0 Å². The molecule has 0 saturated carbocycles. The van der Waals surface area contributed by atoms with E-state index in [9.17, 15) is 9.59 Å². The van der Waals surface area contributed by atoms with Crippen molar-refractivity contribution in [1.29, 1.82) is 0 Å². The van der Waals surface area contributed by atoms with Crippen molar-refractivity contribution in [2.75, 3.05) is 6.54 Å². The first kappa shape index (κ1) is 18.2. The number of nitrogens with zero attached hydrogens (tertiary/aromatic N) is 2. The van der Waals surface area contributed by atoms with E-state index in [0.717, 1.165) is 42.7 Å². The molecular formula is C20H25N3O3. The number of benzene rings is 1. The molecule has 6 heteroatoms. The van der Waals surface area contributed by atoms with Gasteiger partial charge in [0.25, 0.3) is 11.5 Å². The molecule has 1 aliphatic rings. The summed E-state index contributed by atoms with van der Waals surface area (Å²) in [5, 5.41) is 7.29. The number of fused-ring (bicyclic) bond motifs is 1. The second-order valence-corrected chi connectivity index (χ2v) is 6.83. The SMILES string of the molecule is CC(C)Oc1ccc(C(=O)NCCn2nc3c(cc2=O)CCCC3)cc1. The number of hydrogen-bond acceptors (Lipinski definition) is 4. The maximum atomic E-state index is 12.2. The first-order chi connectivity index (χ1) is 12.5. The molecular weight excluding hydrogens is 330 g/mol. The number of nitrogens with one attached hydrogen (secondary N) is 1. The summed E-state index contributed by atoms with van der Waals surface area (Å²) in [5.74, 6) is 0.563. The Bertz CT molecular complexity index is 825. The number of aryl methyl sites for hydroxylation is 2. The van der Waals surface area contributed by atoms with Crippen LogP contribution in [-0.4, -0.2) is 28.3 Å². The van der Waals surface area contributed by atoms with E-state index in [2.05, 4.69) is 10.4 Å². The molecule has 138 valence electrons. The third kappa shape index (κ3) is 4.50. The van der Waals surface area contributed by atoms with E-state index in [1.807, 2.05) is 13.8 Å². The molecule has 1 heterocycles. The Hall–Kier alpha value is -2.63. The number of ether oxygens (including phenoxy) is 1. The van der Waals surface area contributed by atoms with Crippen LogP contribution in [0.5, 0.6) is 5.75 Å². The van der Waals surface area contributed by atoms with Gasteiger partial charge in [0.05, 0.1) is 18.3 Å². The maximum absolute atomic E-state index is 12.2. The van der Waals surface area contributed by atoms with E-state index in [1.54, 1.807) is 30.3 Å². The van der Waals surface area contributed by atoms with E-state index in [-0.39, 0.29) is 17.6 Å². The van der Waals surface area contributed by atoms with E-state index in [1.165, 1.54) is 4.68 Å². The molecule has 0 spiro atoms. The van der Waals surface area contributed by atoms with Crippen LogP contribution in [0.1, 0.15) is 48.3 Å². The number of hydrogen-bond donors (Lipinski definition) is 1. The van der Waals surface area contributed by atoms with Gasteiger partial charge in [0, 0.05) is 18.2 Å². The lowest BCUT2D eigenvalue weighted by Gasteiger charge is -2.16. The molecule has 1 N–H and O–H groups in total. The summed E-state index contributed by atoms with van der Waals surface area (Å²) >= 11 is 0. The van der Waals surface area contributed by atoms with Crippen molar-refractivity contribution in [1.82, 2.24) is 15.1 Å². The van der Waals surface area contributed by atoms with Crippen molar-refractivity contribution in [3.05, 3.63) is 57.5 Å². The van der Waals surface area contributed by atoms with E-state index >= 15 is 0 Å². The number of carbonyl (C=O) groups is 1. The molecule has 1 aromatic carbocycles. The molecule has 0 fully saturated rings. The Morgan fingerprint density at radius 1 is 1.23 bits per heavy atom. The number of aromatic nitrogens is 2. The molecule has 0 unspecified atom stereocenters. The second kappa shape index (κ2) is 8.17. The smallest absolute Gasteiger partial charge is 0.267 e. The van der Waals surface area contributed by atoms with Crippen LogP contribution in [0.3, 0.4) is 0 Å². The van der Waals surface area contributed by atoms with Gasteiger partial charge in [0.2, 0.25) is 0 Å². The minimum atomic E-state index is -0.174. The Labute approximate surface area is 153 Å². The van der Waals surface area contributed by atoms with Gasteiger partial charge in [-0.3, -0.25) is 9.59 Å². The zero-order chi connectivity index (χ0) is 18.5. The van der Waals surface area contributed by atoms with Crippen LogP contribution in [0, 0.1) is 0 Å². The zero-order valence-electron chi connectivity index (χ0n) is 15.3. The predicted molar refractivity (Wildman–Crippen MR) is 99.7 cm³/mol. The lowest BCUT2D eigenvalue weighted by Crippen LogP contribution is -2.33. The Morgan fingerprint density at radius 2 is 1.96 bits per heavy atom. The van der Waals surface area contributed by atoms with E-state index in [0.29, 0.717) is 18.7 Å². The lowest BCUT2D eigenvalue weighted by atomic mass is 9.97. The highest BCUT2D eigenvalue weighted by Gasteiger charge is 2.13. The molecule has 6 nitrogen and oxygen atoms in total. The lowest BCUT2D eigenvalue weighted by molar-refractivity contribution is 0.0951. The van der Waals surface area contributed by atoms with Crippen molar-refractivity contribution in [2.24, 2.45) is 0 Å². The molecule has 0 radical (unpaired) electrons. The van der Waals surface area contributed by atoms with Crippen molar-refractivity contribution in [2.45, 2.75) is 52.2 Å². The average Bonchev–Trinajstić information content (AvgIpc) is 2.62. The molecule has 0 aliphatic heterocycles. The topological polar surface area (TPSA) is 73.2 Å². The number of amides is 1. The van der Waals surface area contributed by atoms with E-state index < -0.39 is 0 Å². The minimum Gasteiger partial charge on any atom is -0.491 e. The quantitative estimate of drug-likeness (QED) is 0.863. The van der Waals surface area contributed by atoms with Gasteiger partial charge in [-0.25, -0.2) is 4.68 Å². The zero-order valence-corrected chi connectivity index (χ0v) is 15.3. The number of carbonyl (C=O) groups excluding carboxylic acids is 1. The van der Waals surface area contributed by atoms with Crippen LogP contribution >= 0.6 is 0 Å². The Balaban J connectivity index is 1.56. The highest BCUT2D eigenvalue weighted by atomic mass is 16.5. The van der Waals surface area contributed by atoms with Crippen molar-refractivity contribution in [3.63, 3.8) is 0 Å². The van der Waals surface area contributed by atoms with Gasteiger partial charge in [-0.15, -0.1) is 0 Å². The van der Waals surface area contributed by atoms with Crippen LogP contribution in [0.25, 0.3) is 0 Å². The van der Waals surface area contributed by atoms with Gasteiger partial charge in [-0.1, -0.05) is 0 Å². The van der Waals surface area contributed by atoms with Crippen LogP contribution in [0.15, 0.2) is 35.1 Å². The Kier molecular flexibility index (Phi) is 5.71. The summed E-state index contributed by atoms with van der Waals surface area (Å²) in [6.07, 6.45) is 4.19. The molecule has 3 rings (SSSR count).